The molecule has 39 heavy (non-hydrogen) atoms. The van der Waals surface area contributed by atoms with Crippen LogP contribution in [0.25, 0.3) is 11.1 Å². The van der Waals surface area contributed by atoms with E-state index in [9.17, 15) is 9.59 Å². The molecule has 1 fully saturated rings. The summed E-state index contributed by atoms with van der Waals surface area (Å²) >= 11 is 0. The standard InChI is InChI=1S/C30H28N6O3/c1-19-25-14-28(32-18-26(25)24-10-9-23(13-27(24)39-19)36-11-5-8-29(36)37)34-21-12-22(17-31-16-21)35-30(38)33-15-20-6-3-2-4-7-20/h2-4,6-7,9-10,12-14,16-19H,5,8,11,15H2,1H3,(H,32,34)(H2,33,35,38). The maximum atomic E-state index is 12.3. The number of nitrogens with one attached hydrogen (secondary N) is 3. The Bertz CT molecular complexity index is 1540. The highest BCUT2D eigenvalue weighted by Gasteiger charge is 2.27. The van der Waals surface area contributed by atoms with Crippen LogP contribution in [0.15, 0.2) is 79.3 Å². The summed E-state index contributed by atoms with van der Waals surface area (Å²) in [4.78, 5) is 35.2. The third kappa shape index (κ3) is 5.24. The topological polar surface area (TPSA) is 108 Å². The Morgan fingerprint density at radius 3 is 2.69 bits per heavy atom. The number of fused-ring (bicyclic) bond motifs is 3. The minimum absolute atomic E-state index is 0.151. The summed E-state index contributed by atoms with van der Waals surface area (Å²) in [7, 11) is 0. The maximum absolute atomic E-state index is 12.3. The van der Waals surface area contributed by atoms with Gasteiger partial charge in [-0.2, -0.15) is 0 Å². The normalized spacial score (nSPS) is 15.7. The molecule has 2 aliphatic rings. The van der Waals surface area contributed by atoms with E-state index in [2.05, 4.69) is 25.9 Å². The minimum Gasteiger partial charge on any atom is -0.485 e. The molecule has 196 valence electrons. The number of rotatable bonds is 6. The number of amides is 3. The maximum Gasteiger partial charge on any atom is 0.319 e. The molecule has 0 saturated carbocycles. The molecular weight excluding hydrogens is 492 g/mol. The first kappa shape index (κ1) is 24.4. The lowest BCUT2D eigenvalue weighted by Crippen LogP contribution is -2.28. The third-order valence-corrected chi connectivity index (χ3v) is 6.88. The van der Waals surface area contributed by atoms with Gasteiger partial charge in [-0.1, -0.05) is 30.3 Å². The number of urea groups is 1. The number of ether oxygens (including phenoxy) is 1. The van der Waals surface area contributed by atoms with Crippen molar-refractivity contribution in [3.05, 3.63) is 90.4 Å². The second kappa shape index (κ2) is 10.4. The summed E-state index contributed by atoms with van der Waals surface area (Å²) in [6, 6.07) is 19.1. The quantitative estimate of drug-likeness (QED) is 0.297. The molecule has 1 saturated heterocycles. The fourth-order valence-corrected chi connectivity index (χ4v) is 4.95. The fraction of sp³-hybridized carbons (Fsp3) is 0.200. The molecule has 0 aliphatic carbocycles. The van der Waals surface area contributed by atoms with Gasteiger partial charge in [0.15, 0.2) is 0 Å². The molecule has 3 N–H and O–H groups in total. The van der Waals surface area contributed by atoms with Crippen molar-refractivity contribution >= 4 is 34.8 Å². The molecular formula is C30H28N6O3. The first-order valence-electron chi connectivity index (χ1n) is 13.0. The molecule has 4 aromatic rings. The van der Waals surface area contributed by atoms with Crippen molar-refractivity contribution in [2.75, 3.05) is 22.1 Å². The van der Waals surface area contributed by atoms with E-state index in [-0.39, 0.29) is 18.0 Å². The van der Waals surface area contributed by atoms with E-state index in [1.165, 1.54) is 0 Å². The van der Waals surface area contributed by atoms with Gasteiger partial charge in [-0.25, -0.2) is 9.78 Å². The molecule has 6 rings (SSSR count). The Hall–Kier alpha value is -4.92. The Morgan fingerprint density at radius 2 is 1.87 bits per heavy atom. The van der Waals surface area contributed by atoms with Gasteiger partial charge in [0.2, 0.25) is 5.91 Å². The van der Waals surface area contributed by atoms with Gasteiger partial charge in [0, 0.05) is 54.2 Å². The molecule has 3 amide bonds. The second-order valence-electron chi connectivity index (χ2n) is 9.63. The van der Waals surface area contributed by atoms with E-state index >= 15 is 0 Å². The van der Waals surface area contributed by atoms with Gasteiger partial charge in [-0.3, -0.25) is 9.78 Å². The zero-order chi connectivity index (χ0) is 26.8. The minimum atomic E-state index is -0.313. The lowest BCUT2D eigenvalue weighted by Gasteiger charge is -2.28. The fourth-order valence-electron chi connectivity index (χ4n) is 4.95. The van der Waals surface area contributed by atoms with Gasteiger partial charge in [0.25, 0.3) is 0 Å². The molecule has 2 aromatic heterocycles. The molecule has 2 aromatic carbocycles. The van der Waals surface area contributed by atoms with E-state index < -0.39 is 0 Å². The number of hydrogen-bond donors (Lipinski definition) is 3. The molecule has 2 aliphatic heterocycles. The van der Waals surface area contributed by atoms with Crippen LogP contribution in [0.1, 0.15) is 37.0 Å². The van der Waals surface area contributed by atoms with E-state index in [0.717, 1.165) is 46.7 Å². The number of pyridine rings is 2. The number of benzene rings is 2. The molecule has 0 radical (unpaired) electrons. The highest BCUT2D eigenvalue weighted by molar-refractivity contribution is 5.96. The van der Waals surface area contributed by atoms with Crippen molar-refractivity contribution in [1.29, 1.82) is 0 Å². The van der Waals surface area contributed by atoms with Crippen molar-refractivity contribution in [2.45, 2.75) is 32.4 Å². The predicted molar refractivity (Wildman–Crippen MR) is 150 cm³/mol. The first-order valence-corrected chi connectivity index (χ1v) is 13.0. The number of carbonyl (C=O) groups is 2. The number of nitrogens with zero attached hydrogens (tertiary/aromatic N) is 3. The van der Waals surface area contributed by atoms with Crippen molar-refractivity contribution in [3.63, 3.8) is 0 Å². The molecule has 1 unspecified atom stereocenters. The van der Waals surface area contributed by atoms with Crippen molar-refractivity contribution in [3.8, 4) is 16.9 Å². The summed E-state index contributed by atoms with van der Waals surface area (Å²) in [6.45, 7) is 3.17. The molecule has 0 spiro atoms. The van der Waals surface area contributed by atoms with E-state index in [1.54, 1.807) is 18.5 Å². The zero-order valence-corrected chi connectivity index (χ0v) is 21.5. The average Bonchev–Trinajstić information content (AvgIpc) is 3.38. The summed E-state index contributed by atoms with van der Waals surface area (Å²) < 4.78 is 6.26. The van der Waals surface area contributed by atoms with Gasteiger partial charge < -0.3 is 25.6 Å². The SMILES string of the molecule is CC1Oc2cc(N3CCCC3=O)ccc2-c2cnc(Nc3cncc(NC(=O)NCc4ccccc4)c3)cc21. The molecule has 9 nitrogen and oxygen atoms in total. The number of aromatic nitrogens is 2. The van der Waals surface area contributed by atoms with Crippen molar-refractivity contribution in [1.82, 2.24) is 15.3 Å². The van der Waals surface area contributed by atoms with Crippen LogP contribution in [-0.4, -0.2) is 28.5 Å². The highest BCUT2D eigenvalue weighted by atomic mass is 16.5. The molecule has 0 bridgehead atoms. The smallest absolute Gasteiger partial charge is 0.319 e. The zero-order valence-electron chi connectivity index (χ0n) is 21.5. The number of hydrogen-bond acceptors (Lipinski definition) is 6. The Kier molecular flexibility index (Phi) is 6.54. The van der Waals surface area contributed by atoms with Gasteiger partial charge in [0.1, 0.15) is 17.7 Å². The number of anilines is 4. The van der Waals surface area contributed by atoms with Crippen LogP contribution in [0.5, 0.6) is 5.75 Å². The summed E-state index contributed by atoms with van der Waals surface area (Å²) in [5.74, 6) is 1.54. The van der Waals surface area contributed by atoms with Crippen LogP contribution in [0, 0.1) is 0 Å². The van der Waals surface area contributed by atoms with Crippen LogP contribution in [-0.2, 0) is 11.3 Å². The Morgan fingerprint density at radius 1 is 1.03 bits per heavy atom. The summed E-state index contributed by atoms with van der Waals surface area (Å²) in [6.07, 6.45) is 6.37. The number of carbonyl (C=O) groups excluding carboxylic acids is 2. The average molecular weight is 521 g/mol. The Balaban J connectivity index is 1.15. The lowest BCUT2D eigenvalue weighted by atomic mass is 9.94. The predicted octanol–water partition coefficient (Wildman–Crippen LogP) is 5.79. The summed E-state index contributed by atoms with van der Waals surface area (Å²) in [5.41, 5.74) is 6.08. The summed E-state index contributed by atoms with van der Waals surface area (Å²) in [5, 5.41) is 8.93. The lowest BCUT2D eigenvalue weighted by molar-refractivity contribution is -0.117. The van der Waals surface area contributed by atoms with Crippen LogP contribution in [0.3, 0.4) is 0 Å². The molecule has 1 atom stereocenters. The third-order valence-electron chi connectivity index (χ3n) is 6.88. The van der Waals surface area contributed by atoms with Crippen molar-refractivity contribution in [2.24, 2.45) is 0 Å². The van der Waals surface area contributed by atoms with Crippen molar-refractivity contribution < 1.29 is 14.3 Å². The Labute approximate surface area is 226 Å². The van der Waals surface area contributed by atoms with Crippen LogP contribution in [0.4, 0.5) is 27.7 Å². The molecule has 9 heteroatoms. The van der Waals surface area contributed by atoms with E-state index in [0.29, 0.717) is 30.2 Å². The van der Waals surface area contributed by atoms with Crippen LogP contribution < -0.4 is 25.6 Å². The van der Waals surface area contributed by atoms with Gasteiger partial charge in [-0.05, 0) is 43.2 Å². The van der Waals surface area contributed by atoms with E-state index in [4.69, 9.17) is 4.74 Å². The van der Waals surface area contributed by atoms with Crippen LogP contribution in [0.2, 0.25) is 0 Å². The monoisotopic (exact) mass is 520 g/mol. The molecule has 4 heterocycles. The second-order valence-corrected chi connectivity index (χ2v) is 9.63. The van der Waals surface area contributed by atoms with Gasteiger partial charge >= 0.3 is 6.03 Å². The highest BCUT2D eigenvalue weighted by Crippen LogP contribution is 2.44. The largest absolute Gasteiger partial charge is 0.485 e. The van der Waals surface area contributed by atoms with E-state index in [1.807, 2.05) is 72.6 Å². The van der Waals surface area contributed by atoms with Crippen LogP contribution >= 0.6 is 0 Å². The first-order chi connectivity index (χ1) is 19.0. The van der Waals surface area contributed by atoms with Gasteiger partial charge in [-0.15, -0.1) is 0 Å². The van der Waals surface area contributed by atoms with Gasteiger partial charge in [0.05, 0.1) is 23.8 Å².